The standard InChI is InChI=1S/C18H14O3/c1-11-8-9-14-15(10-11)21-12(2)16(18(14)20)17(19)13-6-4-3-5-7-13/h3-10H,1-2H3. The van der Waals surface area contributed by atoms with Gasteiger partial charge in [-0.2, -0.15) is 0 Å². The molecule has 0 saturated heterocycles. The summed E-state index contributed by atoms with van der Waals surface area (Å²) >= 11 is 0. The third-order valence-electron chi connectivity index (χ3n) is 3.49. The van der Waals surface area contributed by atoms with E-state index in [4.69, 9.17) is 4.42 Å². The monoisotopic (exact) mass is 278 g/mol. The molecule has 0 aliphatic heterocycles. The van der Waals surface area contributed by atoms with E-state index in [1.165, 1.54) is 0 Å². The average molecular weight is 278 g/mol. The molecule has 0 unspecified atom stereocenters. The van der Waals surface area contributed by atoms with Gasteiger partial charge in [-0.15, -0.1) is 0 Å². The van der Waals surface area contributed by atoms with Gasteiger partial charge in [-0.1, -0.05) is 36.4 Å². The molecule has 104 valence electrons. The van der Waals surface area contributed by atoms with Crippen molar-refractivity contribution in [3.63, 3.8) is 0 Å². The van der Waals surface area contributed by atoms with E-state index in [-0.39, 0.29) is 16.8 Å². The molecule has 3 nitrogen and oxygen atoms in total. The predicted octanol–water partition coefficient (Wildman–Crippen LogP) is 3.64. The molecule has 0 bridgehead atoms. The van der Waals surface area contributed by atoms with Crippen molar-refractivity contribution < 1.29 is 9.21 Å². The van der Waals surface area contributed by atoms with Gasteiger partial charge in [-0.3, -0.25) is 9.59 Å². The van der Waals surface area contributed by atoms with Crippen LogP contribution in [0.3, 0.4) is 0 Å². The Hall–Kier alpha value is -2.68. The first kappa shape index (κ1) is 13.3. The zero-order chi connectivity index (χ0) is 15.0. The second-order valence-corrected chi connectivity index (χ2v) is 5.06. The number of carbonyl (C=O) groups is 1. The first-order valence-corrected chi connectivity index (χ1v) is 6.72. The van der Waals surface area contributed by atoms with E-state index in [2.05, 4.69) is 0 Å². The van der Waals surface area contributed by atoms with Gasteiger partial charge in [0.1, 0.15) is 16.9 Å². The van der Waals surface area contributed by atoms with Crippen LogP contribution >= 0.6 is 0 Å². The van der Waals surface area contributed by atoms with Crippen LogP contribution in [0.15, 0.2) is 57.7 Å². The number of aryl methyl sites for hydroxylation is 2. The van der Waals surface area contributed by atoms with Crippen molar-refractivity contribution in [1.82, 2.24) is 0 Å². The van der Waals surface area contributed by atoms with Crippen molar-refractivity contribution in [1.29, 1.82) is 0 Å². The highest BCUT2D eigenvalue weighted by Crippen LogP contribution is 2.18. The Morgan fingerprint density at radius 2 is 1.71 bits per heavy atom. The number of rotatable bonds is 2. The van der Waals surface area contributed by atoms with Crippen LogP contribution in [-0.4, -0.2) is 5.78 Å². The normalized spacial score (nSPS) is 10.8. The van der Waals surface area contributed by atoms with Crippen LogP contribution in [0.2, 0.25) is 0 Å². The van der Waals surface area contributed by atoms with Crippen molar-refractivity contribution in [3.8, 4) is 0 Å². The summed E-state index contributed by atoms with van der Waals surface area (Å²) in [5.41, 5.74) is 1.84. The van der Waals surface area contributed by atoms with Gasteiger partial charge in [0.05, 0.1) is 5.39 Å². The minimum atomic E-state index is -0.302. The zero-order valence-corrected chi connectivity index (χ0v) is 11.8. The SMILES string of the molecule is Cc1ccc2c(=O)c(C(=O)c3ccccc3)c(C)oc2c1. The molecule has 3 rings (SSSR count). The van der Waals surface area contributed by atoms with Gasteiger partial charge >= 0.3 is 0 Å². The summed E-state index contributed by atoms with van der Waals surface area (Å²) in [6.07, 6.45) is 0. The average Bonchev–Trinajstić information content (AvgIpc) is 2.47. The Morgan fingerprint density at radius 1 is 1.00 bits per heavy atom. The van der Waals surface area contributed by atoms with E-state index in [0.29, 0.717) is 22.3 Å². The van der Waals surface area contributed by atoms with Gasteiger partial charge < -0.3 is 4.42 Å². The van der Waals surface area contributed by atoms with E-state index in [1.54, 1.807) is 43.3 Å². The van der Waals surface area contributed by atoms with E-state index >= 15 is 0 Å². The van der Waals surface area contributed by atoms with Gasteiger partial charge in [0, 0.05) is 5.56 Å². The van der Waals surface area contributed by atoms with Crippen LogP contribution in [0.5, 0.6) is 0 Å². The van der Waals surface area contributed by atoms with E-state index in [9.17, 15) is 9.59 Å². The van der Waals surface area contributed by atoms with Crippen LogP contribution in [0.25, 0.3) is 11.0 Å². The third kappa shape index (κ3) is 2.27. The molecule has 0 fully saturated rings. The minimum Gasteiger partial charge on any atom is -0.460 e. The molecule has 0 amide bonds. The molecule has 2 aromatic carbocycles. The lowest BCUT2D eigenvalue weighted by molar-refractivity contribution is 0.103. The zero-order valence-electron chi connectivity index (χ0n) is 11.8. The summed E-state index contributed by atoms with van der Waals surface area (Å²) in [5, 5.41) is 0.436. The summed E-state index contributed by atoms with van der Waals surface area (Å²) < 4.78 is 5.68. The highest BCUT2D eigenvalue weighted by Gasteiger charge is 2.19. The molecule has 0 radical (unpaired) electrons. The second-order valence-electron chi connectivity index (χ2n) is 5.06. The third-order valence-corrected chi connectivity index (χ3v) is 3.49. The van der Waals surface area contributed by atoms with Crippen molar-refractivity contribution >= 4 is 16.8 Å². The maximum absolute atomic E-state index is 12.6. The van der Waals surface area contributed by atoms with Crippen LogP contribution < -0.4 is 5.43 Å². The highest BCUT2D eigenvalue weighted by molar-refractivity contribution is 6.10. The molecule has 0 atom stereocenters. The molecule has 0 aliphatic carbocycles. The molecule has 21 heavy (non-hydrogen) atoms. The van der Waals surface area contributed by atoms with Crippen molar-refractivity contribution in [2.75, 3.05) is 0 Å². The largest absolute Gasteiger partial charge is 0.460 e. The molecule has 3 heteroatoms. The molecule has 3 aromatic rings. The lowest BCUT2D eigenvalue weighted by Crippen LogP contribution is -2.18. The molecule has 0 aliphatic rings. The minimum absolute atomic E-state index is 0.109. The fourth-order valence-electron chi connectivity index (χ4n) is 2.41. The number of hydrogen-bond donors (Lipinski definition) is 0. The Kier molecular flexibility index (Phi) is 3.18. The van der Waals surface area contributed by atoms with Crippen molar-refractivity contribution in [2.45, 2.75) is 13.8 Å². The van der Waals surface area contributed by atoms with E-state index in [1.807, 2.05) is 19.1 Å². The summed E-state index contributed by atoms with van der Waals surface area (Å²) in [6.45, 7) is 3.58. The van der Waals surface area contributed by atoms with Crippen LogP contribution in [0.1, 0.15) is 27.2 Å². The second kappa shape index (κ2) is 5.02. The van der Waals surface area contributed by atoms with Crippen LogP contribution in [0, 0.1) is 13.8 Å². The predicted molar refractivity (Wildman–Crippen MR) is 81.8 cm³/mol. The molecule has 0 saturated carbocycles. The van der Waals surface area contributed by atoms with Gasteiger partial charge in [0.25, 0.3) is 0 Å². The van der Waals surface area contributed by atoms with Gasteiger partial charge in [0.2, 0.25) is 5.43 Å². The number of benzene rings is 2. The summed E-state index contributed by atoms with van der Waals surface area (Å²) in [6, 6.07) is 14.1. The lowest BCUT2D eigenvalue weighted by atomic mass is 10.0. The summed E-state index contributed by atoms with van der Waals surface area (Å²) in [7, 11) is 0. The first-order valence-electron chi connectivity index (χ1n) is 6.72. The van der Waals surface area contributed by atoms with E-state index < -0.39 is 0 Å². The first-order chi connectivity index (χ1) is 10.1. The Labute approximate surface area is 121 Å². The molecular weight excluding hydrogens is 264 g/mol. The number of fused-ring (bicyclic) bond motifs is 1. The van der Waals surface area contributed by atoms with Gasteiger partial charge in [-0.25, -0.2) is 0 Å². The fourth-order valence-corrected chi connectivity index (χ4v) is 2.41. The van der Waals surface area contributed by atoms with Crippen molar-refractivity contribution in [3.05, 3.63) is 81.2 Å². The Balaban J connectivity index is 2.27. The smallest absolute Gasteiger partial charge is 0.204 e. The van der Waals surface area contributed by atoms with E-state index in [0.717, 1.165) is 5.56 Å². The number of ketones is 1. The Bertz CT molecular complexity index is 889. The maximum atomic E-state index is 12.6. The van der Waals surface area contributed by atoms with Crippen LogP contribution in [-0.2, 0) is 0 Å². The molecule has 1 heterocycles. The highest BCUT2D eigenvalue weighted by atomic mass is 16.3. The lowest BCUT2D eigenvalue weighted by Gasteiger charge is -2.06. The summed E-state index contributed by atoms with van der Waals surface area (Å²) in [5.74, 6) is 0.0521. The molecular formula is C18H14O3. The van der Waals surface area contributed by atoms with Crippen LogP contribution in [0.4, 0.5) is 0 Å². The fraction of sp³-hybridized carbons (Fsp3) is 0.111. The topological polar surface area (TPSA) is 47.3 Å². The summed E-state index contributed by atoms with van der Waals surface area (Å²) in [4.78, 5) is 25.1. The van der Waals surface area contributed by atoms with Crippen molar-refractivity contribution in [2.24, 2.45) is 0 Å². The quantitative estimate of drug-likeness (QED) is 0.672. The molecule has 0 N–H and O–H groups in total. The molecule has 0 spiro atoms. The van der Waals surface area contributed by atoms with Gasteiger partial charge in [-0.05, 0) is 31.5 Å². The number of carbonyl (C=O) groups excluding carboxylic acids is 1. The Morgan fingerprint density at radius 3 is 2.43 bits per heavy atom. The maximum Gasteiger partial charge on any atom is 0.204 e. The number of hydrogen-bond acceptors (Lipinski definition) is 3. The van der Waals surface area contributed by atoms with Gasteiger partial charge in [0.15, 0.2) is 5.78 Å². The molecule has 1 aromatic heterocycles.